The normalized spacial score (nSPS) is 11.3. The van der Waals surface area contributed by atoms with Crippen LogP contribution >= 0.6 is 11.8 Å². The number of carboxylic acid groups (broad SMARTS) is 1. The highest BCUT2D eigenvalue weighted by Crippen LogP contribution is 2.32. The van der Waals surface area contributed by atoms with Gasteiger partial charge in [-0.3, -0.25) is 4.79 Å². The van der Waals surface area contributed by atoms with Gasteiger partial charge in [0, 0.05) is 22.1 Å². The fourth-order valence-corrected chi connectivity index (χ4v) is 2.46. The monoisotopic (exact) mass is 289 g/mol. The van der Waals surface area contributed by atoms with Gasteiger partial charge in [-0.05, 0) is 18.2 Å². The van der Waals surface area contributed by atoms with E-state index < -0.39 is 17.5 Å². The molecule has 6 heteroatoms. The van der Waals surface area contributed by atoms with Crippen LogP contribution in [0.5, 0.6) is 0 Å². The Labute approximate surface area is 119 Å². The molecule has 5 nitrogen and oxygen atoms in total. The first-order valence-electron chi connectivity index (χ1n) is 5.66. The number of H-pyrrole nitrogens is 1. The minimum atomic E-state index is -1.61. The maximum Gasteiger partial charge on any atom is 0.376 e. The lowest BCUT2D eigenvalue weighted by Crippen LogP contribution is -2.09. The fraction of sp³-hybridized carbons (Fsp3) is 0. The van der Waals surface area contributed by atoms with Crippen LogP contribution in [0, 0.1) is 0 Å². The summed E-state index contributed by atoms with van der Waals surface area (Å²) in [6, 6.07) is 11.2. The number of rotatable bonds is 5. The zero-order chi connectivity index (χ0) is 14.5. The fourth-order valence-electron chi connectivity index (χ4n) is 1.51. The largest absolute Gasteiger partial charge is 0.506 e. The Bertz CT molecular complexity index is 661. The first-order valence-corrected chi connectivity index (χ1v) is 6.48. The van der Waals surface area contributed by atoms with Crippen LogP contribution in [-0.2, 0) is 9.59 Å². The molecule has 2 aromatic rings. The summed E-state index contributed by atoms with van der Waals surface area (Å²) < 4.78 is 0. The Hall–Kier alpha value is -2.47. The summed E-state index contributed by atoms with van der Waals surface area (Å²) in [7, 11) is 0. The molecule has 0 fully saturated rings. The van der Waals surface area contributed by atoms with Gasteiger partial charge in [0.15, 0.2) is 0 Å². The van der Waals surface area contributed by atoms with Gasteiger partial charge in [-0.15, -0.1) is 0 Å². The van der Waals surface area contributed by atoms with E-state index in [1.54, 1.807) is 12.3 Å². The number of aliphatic hydroxyl groups excluding tert-OH is 1. The number of aliphatic hydroxyl groups is 1. The topological polar surface area (TPSA) is 90.4 Å². The van der Waals surface area contributed by atoms with Crippen LogP contribution in [0.3, 0.4) is 0 Å². The minimum Gasteiger partial charge on any atom is -0.506 e. The molecule has 1 heterocycles. The molecule has 2 rings (SSSR count). The van der Waals surface area contributed by atoms with Crippen molar-refractivity contribution in [3.63, 3.8) is 0 Å². The number of ketones is 1. The minimum absolute atomic E-state index is 0.313. The molecule has 0 aliphatic carbocycles. The second-order valence-electron chi connectivity index (χ2n) is 3.83. The smallest absolute Gasteiger partial charge is 0.376 e. The van der Waals surface area contributed by atoms with E-state index in [2.05, 4.69) is 4.98 Å². The Morgan fingerprint density at radius 1 is 1.10 bits per heavy atom. The summed E-state index contributed by atoms with van der Waals surface area (Å²) in [6.45, 7) is 0. The summed E-state index contributed by atoms with van der Waals surface area (Å²) >= 11 is 1.39. The van der Waals surface area contributed by atoms with Crippen molar-refractivity contribution in [3.8, 4) is 0 Å². The Balaban J connectivity index is 2.25. The van der Waals surface area contributed by atoms with Crippen molar-refractivity contribution < 1.29 is 19.8 Å². The number of benzene rings is 1. The molecular formula is C14H11NO4S. The average Bonchev–Trinajstić information content (AvgIpc) is 2.88. The molecule has 3 N–H and O–H groups in total. The molecule has 102 valence electrons. The van der Waals surface area contributed by atoms with E-state index in [0.717, 1.165) is 4.90 Å². The van der Waals surface area contributed by atoms with Crippen LogP contribution < -0.4 is 0 Å². The Morgan fingerprint density at radius 3 is 2.45 bits per heavy atom. The molecular weight excluding hydrogens is 278 g/mol. The summed E-state index contributed by atoms with van der Waals surface area (Å²) in [5, 5.41) is 18.3. The number of carboxylic acids is 1. The van der Waals surface area contributed by atoms with Crippen LogP contribution in [-0.4, -0.2) is 26.9 Å². The Morgan fingerprint density at radius 2 is 1.80 bits per heavy atom. The van der Waals surface area contributed by atoms with E-state index in [0.29, 0.717) is 16.7 Å². The van der Waals surface area contributed by atoms with Gasteiger partial charge < -0.3 is 15.2 Å². The number of nitrogens with one attached hydrogen (secondary N) is 1. The third-order valence-electron chi connectivity index (χ3n) is 2.41. The second-order valence-corrected chi connectivity index (χ2v) is 4.95. The standard InChI is InChI=1S/C14H11NO4S/c16-10(8-11(17)14(18)19)13-12(6-7-15-13)20-9-4-2-1-3-5-9/h1-8,15-16H,(H,18,19). The van der Waals surface area contributed by atoms with Crippen molar-refractivity contribution >= 4 is 29.3 Å². The third-order valence-corrected chi connectivity index (χ3v) is 3.48. The molecule has 0 aliphatic heterocycles. The van der Waals surface area contributed by atoms with Gasteiger partial charge in [-0.25, -0.2) is 4.79 Å². The predicted octanol–water partition coefficient (Wildman–Crippen LogP) is 2.72. The average molecular weight is 289 g/mol. The first-order chi connectivity index (χ1) is 9.58. The summed E-state index contributed by atoms with van der Waals surface area (Å²) in [4.78, 5) is 26.0. The summed E-state index contributed by atoms with van der Waals surface area (Å²) in [5.41, 5.74) is 0.313. The Kier molecular flexibility index (Phi) is 4.27. The zero-order valence-electron chi connectivity index (χ0n) is 10.2. The van der Waals surface area contributed by atoms with Gasteiger partial charge in [-0.1, -0.05) is 30.0 Å². The molecule has 1 aromatic carbocycles. The molecule has 0 atom stereocenters. The van der Waals surface area contributed by atoms with Crippen molar-refractivity contribution in [2.75, 3.05) is 0 Å². The number of aliphatic carboxylic acids is 1. The maximum absolute atomic E-state index is 11.1. The zero-order valence-corrected chi connectivity index (χ0v) is 11.1. The molecule has 1 aromatic heterocycles. The van der Waals surface area contributed by atoms with E-state index in [1.165, 1.54) is 11.8 Å². The van der Waals surface area contributed by atoms with Gasteiger partial charge in [0.2, 0.25) is 0 Å². The third kappa shape index (κ3) is 3.30. The van der Waals surface area contributed by atoms with E-state index >= 15 is 0 Å². The van der Waals surface area contributed by atoms with Crippen LogP contribution in [0.1, 0.15) is 5.69 Å². The highest BCUT2D eigenvalue weighted by molar-refractivity contribution is 7.99. The molecule has 0 radical (unpaired) electrons. The van der Waals surface area contributed by atoms with E-state index in [4.69, 9.17) is 5.11 Å². The van der Waals surface area contributed by atoms with Gasteiger partial charge in [0.1, 0.15) is 5.76 Å². The van der Waals surface area contributed by atoms with Crippen molar-refractivity contribution in [1.82, 2.24) is 4.98 Å². The van der Waals surface area contributed by atoms with Gasteiger partial charge >= 0.3 is 5.97 Å². The first kappa shape index (κ1) is 14.0. The van der Waals surface area contributed by atoms with Crippen LogP contribution in [0.4, 0.5) is 0 Å². The molecule has 0 saturated carbocycles. The summed E-state index contributed by atoms with van der Waals surface area (Å²) in [6.07, 6.45) is 2.29. The van der Waals surface area contributed by atoms with Crippen LogP contribution in [0.2, 0.25) is 0 Å². The van der Waals surface area contributed by atoms with E-state index in [9.17, 15) is 14.7 Å². The summed E-state index contributed by atoms with van der Waals surface area (Å²) in [5.74, 6) is -3.19. The quantitative estimate of drug-likeness (QED) is 0.447. The van der Waals surface area contributed by atoms with Gasteiger partial charge in [0.05, 0.1) is 5.69 Å². The maximum atomic E-state index is 11.1. The second kappa shape index (κ2) is 6.12. The highest BCUT2D eigenvalue weighted by Gasteiger charge is 2.14. The van der Waals surface area contributed by atoms with E-state index in [1.807, 2.05) is 30.3 Å². The molecule has 0 unspecified atom stereocenters. The van der Waals surface area contributed by atoms with Crippen molar-refractivity contribution in [1.29, 1.82) is 0 Å². The number of carbonyl (C=O) groups excluding carboxylic acids is 1. The number of carbonyl (C=O) groups is 2. The van der Waals surface area contributed by atoms with Crippen LogP contribution in [0.25, 0.3) is 5.76 Å². The number of aromatic amines is 1. The number of hydrogen-bond donors (Lipinski definition) is 3. The number of hydrogen-bond acceptors (Lipinski definition) is 4. The van der Waals surface area contributed by atoms with Gasteiger partial charge in [-0.2, -0.15) is 0 Å². The van der Waals surface area contributed by atoms with Gasteiger partial charge in [0.25, 0.3) is 5.78 Å². The van der Waals surface area contributed by atoms with Crippen molar-refractivity contribution in [3.05, 3.63) is 54.4 Å². The highest BCUT2D eigenvalue weighted by atomic mass is 32.2. The van der Waals surface area contributed by atoms with Crippen LogP contribution in [0.15, 0.2) is 58.5 Å². The number of aromatic nitrogens is 1. The molecule has 0 aliphatic rings. The van der Waals surface area contributed by atoms with Crippen molar-refractivity contribution in [2.24, 2.45) is 0 Å². The SMILES string of the molecule is O=C(O)C(=O)C=C(O)c1[nH]ccc1Sc1ccccc1. The predicted molar refractivity (Wildman–Crippen MR) is 74.6 cm³/mol. The molecule has 0 saturated heterocycles. The lowest BCUT2D eigenvalue weighted by atomic mass is 10.3. The lowest BCUT2D eigenvalue weighted by Gasteiger charge is -2.03. The molecule has 0 bridgehead atoms. The lowest BCUT2D eigenvalue weighted by molar-refractivity contribution is -0.146. The molecule has 20 heavy (non-hydrogen) atoms. The van der Waals surface area contributed by atoms with E-state index in [-0.39, 0.29) is 0 Å². The molecule has 0 spiro atoms. The molecule has 0 amide bonds. The van der Waals surface area contributed by atoms with Crippen molar-refractivity contribution in [2.45, 2.75) is 9.79 Å².